The molecule has 0 unspecified atom stereocenters. The maximum Gasteiger partial charge on any atom is 0.130 e. The molecule has 2 aromatic carbocycles. The molecule has 0 aromatic heterocycles. The van der Waals surface area contributed by atoms with Gasteiger partial charge in [0.15, 0.2) is 0 Å². The van der Waals surface area contributed by atoms with E-state index in [0.717, 1.165) is 22.6 Å². The largest absolute Gasteiger partial charge is 0.496 e. The highest BCUT2D eigenvalue weighted by Gasteiger charge is 2.14. The lowest BCUT2D eigenvalue weighted by atomic mass is 9.95. The van der Waals surface area contributed by atoms with Gasteiger partial charge in [0.1, 0.15) is 11.5 Å². The third-order valence-corrected chi connectivity index (χ3v) is 3.26. The molecule has 2 nitrogen and oxygen atoms in total. The van der Waals surface area contributed by atoms with Crippen LogP contribution >= 0.6 is 0 Å². The second kappa shape index (κ2) is 5.79. The second-order valence-electron chi connectivity index (χ2n) is 4.82. The summed E-state index contributed by atoms with van der Waals surface area (Å²) in [7, 11) is 3.39. The highest BCUT2D eigenvalue weighted by atomic mass is 16.5. The van der Waals surface area contributed by atoms with Crippen LogP contribution in [-0.2, 0) is 0 Å². The summed E-state index contributed by atoms with van der Waals surface area (Å²) in [4.78, 5) is 0. The summed E-state index contributed by atoms with van der Waals surface area (Å²) in [6, 6.07) is 14.4. The fourth-order valence-electron chi connectivity index (χ4n) is 2.22. The van der Waals surface area contributed by atoms with Crippen LogP contribution in [0.2, 0.25) is 0 Å². The molecule has 0 saturated carbocycles. The molecular formula is C17H20O2. The van der Waals surface area contributed by atoms with Gasteiger partial charge in [-0.3, -0.25) is 0 Å². The molecule has 0 radical (unpaired) electrons. The minimum Gasteiger partial charge on any atom is -0.496 e. The van der Waals surface area contributed by atoms with E-state index in [1.807, 2.05) is 24.3 Å². The van der Waals surface area contributed by atoms with E-state index in [4.69, 9.17) is 9.47 Å². The third kappa shape index (κ3) is 2.73. The fourth-order valence-corrected chi connectivity index (χ4v) is 2.22. The van der Waals surface area contributed by atoms with Gasteiger partial charge in [0.05, 0.1) is 14.2 Å². The van der Waals surface area contributed by atoms with Crippen LogP contribution < -0.4 is 9.47 Å². The van der Waals surface area contributed by atoms with Crippen molar-refractivity contribution < 1.29 is 9.47 Å². The first-order chi connectivity index (χ1) is 9.17. The molecule has 0 fully saturated rings. The van der Waals surface area contributed by atoms with Crippen molar-refractivity contribution in [2.45, 2.75) is 19.8 Å². The van der Waals surface area contributed by atoms with Crippen LogP contribution in [0.1, 0.15) is 25.3 Å². The van der Waals surface area contributed by atoms with E-state index in [9.17, 15) is 0 Å². The van der Waals surface area contributed by atoms with Crippen LogP contribution in [0.25, 0.3) is 11.1 Å². The summed E-state index contributed by atoms with van der Waals surface area (Å²) in [5, 5.41) is 0. The van der Waals surface area contributed by atoms with Gasteiger partial charge in [0.25, 0.3) is 0 Å². The maximum absolute atomic E-state index is 5.50. The molecule has 19 heavy (non-hydrogen) atoms. The van der Waals surface area contributed by atoms with Crippen LogP contribution in [0.15, 0.2) is 42.5 Å². The molecule has 0 N–H and O–H groups in total. The van der Waals surface area contributed by atoms with Gasteiger partial charge in [-0.1, -0.05) is 44.2 Å². The summed E-state index contributed by atoms with van der Waals surface area (Å²) in [6.07, 6.45) is 0. The van der Waals surface area contributed by atoms with Crippen LogP contribution in [0.4, 0.5) is 0 Å². The zero-order valence-corrected chi connectivity index (χ0v) is 11.9. The number of benzene rings is 2. The zero-order chi connectivity index (χ0) is 13.8. The molecule has 2 heteroatoms. The van der Waals surface area contributed by atoms with Crippen molar-refractivity contribution in [3.63, 3.8) is 0 Å². The van der Waals surface area contributed by atoms with Gasteiger partial charge in [-0.05, 0) is 23.1 Å². The molecule has 0 spiro atoms. The molecule has 100 valence electrons. The van der Waals surface area contributed by atoms with Crippen molar-refractivity contribution in [1.82, 2.24) is 0 Å². The van der Waals surface area contributed by atoms with E-state index in [0.29, 0.717) is 5.92 Å². The number of ether oxygens (including phenoxy) is 2. The summed E-state index contributed by atoms with van der Waals surface area (Å²) < 4.78 is 11.0. The Morgan fingerprint density at radius 3 is 2.00 bits per heavy atom. The first-order valence-corrected chi connectivity index (χ1v) is 6.48. The van der Waals surface area contributed by atoms with Crippen molar-refractivity contribution in [3.05, 3.63) is 48.0 Å². The SMILES string of the molecule is COc1cc(OC)c(C(C)C)cc1-c1ccccc1. The molecule has 2 rings (SSSR count). The van der Waals surface area contributed by atoms with Crippen LogP contribution in [0, 0.1) is 0 Å². The first-order valence-electron chi connectivity index (χ1n) is 6.48. The number of hydrogen-bond donors (Lipinski definition) is 0. The normalized spacial score (nSPS) is 10.6. The van der Waals surface area contributed by atoms with Crippen molar-refractivity contribution in [2.75, 3.05) is 14.2 Å². The first kappa shape index (κ1) is 13.5. The third-order valence-electron chi connectivity index (χ3n) is 3.26. The minimum absolute atomic E-state index is 0.406. The summed E-state index contributed by atoms with van der Waals surface area (Å²) >= 11 is 0. The average molecular weight is 256 g/mol. The fraction of sp³-hybridized carbons (Fsp3) is 0.294. The lowest BCUT2D eigenvalue weighted by molar-refractivity contribution is 0.390. The van der Waals surface area contributed by atoms with E-state index in [2.05, 4.69) is 32.0 Å². The topological polar surface area (TPSA) is 18.5 Å². The lowest BCUT2D eigenvalue weighted by Crippen LogP contribution is -1.97. The number of methoxy groups -OCH3 is 2. The lowest BCUT2D eigenvalue weighted by Gasteiger charge is -2.17. The molecule has 0 atom stereocenters. The molecule has 0 bridgehead atoms. The Kier molecular flexibility index (Phi) is 4.10. The van der Waals surface area contributed by atoms with Gasteiger partial charge >= 0.3 is 0 Å². The van der Waals surface area contributed by atoms with Crippen molar-refractivity contribution in [1.29, 1.82) is 0 Å². The predicted octanol–water partition coefficient (Wildman–Crippen LogP) is 4.49. The standard InChI is InChI=1S/C17H20O2/c1-12(2)14-10-15(13-8-6-5-7-9-13)17(19-4)11-16(14)18-3/h5-12H,1-4H3. The summed E-state index contributed by atoms with van der Waals surface area (Å²) in [6.45, 7) is 4.33. The van der Waals surface area contributed by atoms with E-state index in [-0.39, 0.29) is 0 Å². The number of hydrogen-bond acceptors (Lipinski definition) is 2. The highest BCUT2D eigenvalue weighted by Crippen LogP contribution is 2.38. The Morgan fingerprint density at radius 2 is 1.47 bits per heavy atom. The van der Waals surface area contributed by atoms with Crippen LogP contribution in [0.3, 0.4) is 0 Å². The van der Waals surface area contributed by atoms with Gasteiger partial charge < -0.3 is 9.47 Å². The average Bonchev–Trinajstić information content (AvgIpc) is 2.46. The molecule has 0 aliphatic carbocycles. The quantitative estimate of drug-likeness (QED) is 0.802. The monoisotopic (exact) mass is 256 g/mol. The van der Waals surface area contributed by atoms with Crippen LogP contribution in [-0.4, -0.2) is 14.2 Å². The van der Waals surface area contributed by atoms with Gasteiger partial charge in [-0.15, -0.1) is 0 Å². The predicted molar refractivity (Wildman–Crippen MR) is 79.1 cm³/mol. The highest BCUT2D eigenvalue weighted by molar-refractivity contribution is 5.73. The van der Waals surface area contributed by atoms with Gasteiger partial charge in [-0.2, -0.15) is 0 Å². The molecular weight excluding hydrogens is 236 g/mol. The van der Waals surface area contributed by atoms with Crippen LogP contribution in [0.5, 0.6) is 11.5 Å². The van der Waals surface area contributed by atoms with Gasteiger partial charge in [-0.25, -0.2) is 0 Å². The smallest absolute Gasteiger partial charge is 0.130 e. The Bertz CT molecular complexity index is 545. The maximum atomic E-state index is 5.50. The Morgan fingerprint density at radius 1 is 0.842 bits per heavy atom. The van der Waals surface area contributed by atoms with E-state index >= 15 is 0 Å². The van der Waals surface area contributed by atoms with E-state index in [1.165, 1.54) is 5.56 Å². The second-order valence-corrected chi connectivity index (χ2v) is 4.82. The molecule has 0 heterocycles. The van der Waals surface area contributed by atoms with Gasteiger partial charge in [0, 0.05) is 11.6 Å². The molecule has 0 amide bonds. The Hall–Kier alpha value is -1.96. The van der Waals surface area contributed by atoms with E-state index in [1.54, 1.807) is 14.2 Å². The van der Waals surface area contributed by atoms with Crippen molar-refractivity contribution in [2.24, 2.45) is 0 Å². The van der Waals surface area contributed by atoms with Gasteiger partial charge in [0.2, 0.25) is 0 Å². The zero-order valence-electron chi connectivity index (χ0n) is 11.9. The number of rotatable bonds is 4. The summed E-state index contributed by atoms with van der Waals surface area (Å²) in [5.74, 6) is 2.13. The van der Waals surface area contributed by atoms with Crippen molar-refractivity contribution >= 4 is 0 Å². The molecule has 0 aliphatic rings. The minimum atomic E-state index is 0.406. The molecule has 0 saturated heterocycles. The Balaban J connectivity index is 2.63. The Labute approximate surface area is 115 Å². The van der Waals surface area contributed by atoms with E-state index < -0.39 is 0 Å². The van der Waals surface area contributed by atoms with Crippen molar-refractivity contribution in [3.8, 4) is 22.6 Å². The molecule has 0 aliphatic heterocycles. The molecule has 2 aromatic rings. The summed E-state index contributed by atoms with van der Waals surface area (Å²) in [5.41, 5.74) is 3.46.